The molecule has 0 saturated heterocycles. The zero-order valence-corrected chi connectivity index (χ0v) is 10.3. The van der Waals surface area contributed by atoms with Crippen molar-refractivity contribution < 1.29 is 9.84 Å². The first-order chi connectivity index (χ1) is 7.79. The summed E-state index contributed by atoms with van der Waals surface area (Å²) in [6.45, 7) is 2.52. The van der Waals surface area contributed by atoms with Crippen molar-refractivity contribution in [3.63, 3.8) is 0 Å². The predicted octanol–water partition coefficient (Wildman–Crippen LogP) is 1.41. The van der Waals surface area contributed by atoms with Crippen LogP contribution in [0.5, 0.6) is 0 Å². The van der Waals surface area contributed by atoms with Gasteiger partial charge in [0.15, 0.2) is 0 Å². The minimum atomic E-state index is -0.308. The van der Waals surface area contributed by atoms with Gasteiger partial charge in [-0.05, 0) is 56.5 Å². The number of methoxy groups -OCH3 is 1. The number of fused-ring (bicyclic) bond motifs is 2. The van der Waals surface area contributed by atoms with Gasteiger partial charge in [0, 0.05) is 7.11 Å². The summed E-state index contributed by atoms with van der Waals surface area (Å²) in [5, 5.41) is 13.0. The van der Waals surface area contributed by atoms with E-state index in [1.165, 1.54) is 25.7 Å². The Kier molecular flexibility index (Phi) is 4.62. The molecule has 4 atom stereocenters. The topological polar surface area (TPSA) is 41.5 Å². The second kappa shape index (κ2) is 5.99. The molecule has 0 spiro atoms. The lowest BCUT2D eigenvalue weighted by Gasteiger charge is -2.22. The molecule has 0 aromatic rings. The fourth-order valence-electron chi connectivity index (χ4n) is 3.46. The van der Waals surface area contributed by atoms with Crippen LogP contribution in [-0.2, 0) is 4.74 Å². The van der Waals surface area contributed by atoms with Gasteiger partial charge in [-0.3, -0.25) is 0 Å². The monoisotopic (exact) mass is 227 g/mol. The molecule has 0 aromatic heterocycles. The van der Waals surface area contributed by atoms with Crippen LogP contribution < -0.4 is 5.32 Å². The van der Waals surface area contributed by atoms with Gasteiger partial charge in [0.25, 0.3) is 0 Å². The quantitative estimate of drug-likeness (QED) is 0.646. The molecule has 16 heavy (non-hydrogen) atoms. The molecular weight excluding hydrogens is 202 g/mol. The average molecular weight is 227 g/mol. The summed E-state index contributed by atoms with van der Waals surface area (Å²) in [5.74, 6) is 2.95. The third-order valence-electron chi connectivity index (χ3n) is 4.30. The molecule has 2 aliphatic carbocycles. The highest BCUT2D eigenvalue weighted by atomic mass is 16.5. The Morgan fingerprint density at radius 2 is 2.25 bits per heavy atom. The van der Waals surface area contributed by atoms with E-state index < -0.39 is 0 Å². The Bertz CT molecular complexity index is 210. The molecule has 4 unspecified atom stereocenters. The Labute approximate surface area is 98.6 Å². The van der Waals surface area contributed by atoms with E-state index in [1.54, 1.807) is 7.11 Å². The first-order valence-corrected chi connectivity index (χ1v) is 6.67. The number of hydrogen-bond acceptors (Lipinski definition) is 3. The summed E-state index contributed by atoms with van der Waals surface area (Å²) < 4.78 is 4.90. The third-order valence-corrected chi connectivity index (χ3v) is 4.30. The Hall–Kier alpha value is -0.120. The molecule has 2 aliphatic rings. The number of nitrogens with one attached hydrogen (secondary N) is 1. The van der Waals surface area contributed by atoms with Crippen molar-refractivity contribution >= 4 is 0 Å². The molecule has 0 radical (unpaired) electrons. The normalized spacial score (nSPS) is 34.5. The van der Waals surface area contributed by atoms with Crippen molar-refractivity contribution in [2.75, 3.05) is 26.8 Å². The molecule has 0 heterocycles. The Morgan fingerprint density at radius 3 is 2.88 bits per heavy atom. The smallest absolute Gasteiger partial charge is 0.0785 e. The first-order valence-electron chi connectivity index (χ1n) is 6.67. The number of rotatable bonds is 7. The Morgan fingerprint density at radius 1 is 1.38 bits per heavy atom. The van der Waals surface area contributed by atoms with Gasteiger partial charge in [-0.2, -0.15) is 0 Å². The van der Waals surface area contributed by atoms with Crippen LogP contribution in [0.4, 0.5) is 0 Å². The average Bonchev–Trinajstić information content (AvgIpc) is 2.86. The van der Waals surface area contributed by atoms with E-state index >= 15 is 0 Å². The highest BCUT2D eigenvalue weighted by Gasteiger charge is 2.38. The highest BCUT2D eigenvalue weighted by Crippen LogP contribution is 2.47. The van der Waals surface area contributed by atoms with Crippen LogP contribution in [0.15, 0.2) is 0 Å². The van der Waals surface area contributed by atoms with Crippen molar-refractivity contribution in [3.05, 3.63) is 0 Å². The van der Waals surface area contributed by atoms with Gasteiger partial charge in [-0.25, -0.2) is 0 Å². The van der Waals surface area contributed by atoms with E-state index in [2.05, 4.69) is 5.32 Å². The molecule has 0 aromatic carbocycles. The fourth-order valence-corrected chi connectivity index (χ4v) is 3.46. The lowest BCUT2D eigenvalue weighted by molar-refractivity contribution is 0.0592. The van der Waals surface area contributed by atoms with Crippen LogP contribution in [-0.4, -0.2) is 38.0 Å². The molecule has 2 N–H and O–H groups in total. The van der Waals surface area contributed by atoms with Crippen LogP contribution in [0.3, 0.4) is 0 Å². The maximum absolute atomic E-state index is 9.48. The van der Waals surface area contributed by atoms with E-state index in [-0.39, 0.29) is 6.10 Å². The zero-order chi connectivity index (χ0) is 11.4. The van der Waals surface area contributed by atoms with Gasteiger partial charge in [0.2, 0.25) is 0 Å². The Balaban J connectivity index is 1.52. The molecule has 2 rings (SSSR count). The summed E-state index contributed by atoms with van der Waals surface area (Å²) in [5.41, 5.74) is 0. The van der Waals surface area contributed by atoms with Crippen LogP contribution in [0.2, 0.25) is 0 Å². The molecule has 94 valence electrons. The van der Waals surface area contributed by atoms with Crippen molar-refractivity contribution in [2.24, 2.45) is 17.8 Å². The fraction of sp³-hybridized carbons (Fsp3) is 1.00. The van der Waals surface area contributed by atoms with Crippen LogP contribution in [0.1, 0.15) is 32.1 Å². The lowest BCUT2D eigenvalue weighted by Crippen LogP contribution is -2.29. The van der Waals surface area contributed by atoms with E-state index in [0.29, 0.717) is 6.61 Å². The summed E-state index contributed by atoms with van der Waals surface area (Å²) in [6.07, 6.45) is 6.36. The van der Waals surface area contributed by atoms with Crippen molar-refractivity contribution in [1.29, 1.82) is 0 Å². The van der Waals surface area contributed by atoms with Crippen LogP contribution >= 0.6 is 0 Å². The van der Waals surface area contributed by atoms with E-state index in [0.717, 1.165) is 37.3 Å². The third kappa shape index (κ3) is 3.19. The molecule has 0 amide bonds. The maximum Gasteiger partial charge on any atom is 0.0785 e. The second-order valence-electron chi connectivity index (χ2n) is 5.54. The molecule has 0 aliphatic heterocycles. The summed E-state index contributed by atoms with van der Waals surface area (Å²) >= 11 is 0. The zero-order valence-electron chi connectivity index (χ0n) is 10.3. The van der Waals surface area contributed by atoms with E-state index in [9.17, 15) is 5.11 Å². The highest BCUT2D eigenvalue weighted by molar-refractivity contribution is 4.90. The minimum absolute atomic E-state index is 0.308. The second-order valence-corrected chi connectivity index (χ2v) is 5.54. The van der Waals surface area contributed by atoms with Gasteiger partial charge in [0.05, 0.1) is 12.7 Å². The standard InChI is InChI=1S/C13H25NO2/c1-16-9-13(15)4-5-14-8-12-7-10-2-3-11(12)6-10/h10-15H,2-9H2,1H3. The number of ether oxygens (including phenoxy) is 1. The van der Waals surface area contributed by atoms with Crippen LogP contribution in [0, 0.1) is 17.8 Å². The lowest BCUT2D eigenvalue weighted by atomic mass is 9.89. The SMILES string of the molecule is COCC(O)CCNCC1CC2CCC1C2. The molecule has 2 saturated carbocycles. The van der Waals surface area contributed by atoms with Gasteiger partial charge >= 0.3 is 0 Å². The number of aliphatic hydroxyl groups is 1. The first kappa shape index (κ1) is 12.3. The predicted molar refractivity (Wildman–Crippen MR) is 64.3 cm³/mol. The largest absolute Gasteiger partial charge is 0.391 e. The molecule has 2 fully saturated rings. The van der Waals surface area contributed by atoms with Crippen molar-refractivity contribution in [2.45, 2.75) is 38.2 Å². The van der Waals surface area contributed by atoms with Crippen molar-refractivity contribution in [3.8, 4) is 0 Å². The molecule has 3 heteroatoms. The molecular formula is C13H25NO2. The van der Waals surface area contributed by atoms with Gasteiger partial charge in [0.1, 0.15) is 0 Å². The van der Waals surface area contributed by atoms with E-state index in [4.69, 9.17) is 4.74 Å². The van der Waals surface area contributed by atoms with Crippen LogP contribution in [0.25, 0.3) is 0 Å². The summed E-state index contributed by atoms with van der Waals surface area (Å²) in [7, 11) is 1.63. The summed E-state index contributed by atoms with van der Waals surface area (Å²) in [4.78, 5) is 0. The number of aliphatic hydroxyl groups excluding tert-OH is 1. The maximum atomic E-state index is 9.48. The summed E-state index contributed by atoms with van der Waals surface area (Å²) in [6, 6.07) is 0. The van der Waals surface area contributed by atoms with Gasteiger partial charge in [-0.15, -0.1) is 0 Å². The minimum Gasteiger partial charge on any atom is -0.391 e. The van der Waals surface area contributed by atoms with Gasteiger partial charge in [-0.1, -0.05) is 6.42 Å². The molecule has 2 bridgehead atoms. The van der Waals surface area contributed by atoms with E-state index in [1.807, 2.05) is 0 Å². The van der Waals surface area contributed by atoms with Crippen molar-refractivity contribution in [1.82, 2.24) is 5.32 Å². The molecule has 3 nitrogen and oxygen atoms in total. The van der Waals surface area contributed by atoms with Gasteiger partial charge < -0.3 is 15.2 Å². The number of hydrogen-bond donors (Lipinski definition) is 2.